The summed E-state index contributed by atoms with van der Waals surface area (Å²) in [4.78, 5) is 13.0. The summed E-state index contributed by atoms with van der Waals surface area (Å²) in [6.07, 6.45) is -1.28. The molecule has 0 unspecified atom stereocenters. The molecule has 2 N–H and O–H groups in total. The van der Waals surface area contributed by atoms with E-state index in [1.807, 2.05) is 0 Å². The van der Waals surface area contributed by atoms with Crippen LogP contribution in [-0.4, -0.2) is 30.6 Å². The molecule has 0 amide bonds. The van der Waals surface area contributed by atoms with Gasteiger partial charge in [0.05, 0.1) is 12.5 Å². The van der Waals surface area contributed by atoms with Crippen molar-refractivity contribution >= 4 is 11.5 Å². The van der Waals surface area contributed by atoms with Crippen molar-refractivity contribution < 1.29 is 32.2 Å². The Labute approximate surface area is 168 Å². The van der Waals surface area contributed by atoms with Gasteiger partial charge in [0.15, 0.2) is 0 Å². The van der Waals surface area contributed by atoms with Crippen molar-refractivity contribution in [1.82, 2.24) is 0 Å². The van der Waals surface area contributed by atoms with Gasteiger partial charge in [0, 0.05) is 11.1 Å². The standard InChI is InChI=1S/C21H26F3NO4/c1-18(2,3)29-17(26)19-7-9-20(25,10-8-19)15(12-19)14-11-13(27-4)5-6-16(14)28-21(22,23)24/h5-6,11-12H,7-10,25H2,1-4H3. The number of carbonyl (C=O) groups excluding carboxylic acids is 1. The summed E-state index contributed by atoms with van der Waals surface area (Å²) in [5.41, 5.74) is 4.79. The average Bonchev–Trinajstić information content (AvgIpc) is 2.60. The highest BCUT2D eigenvalue weighted by Crippen LogP contribution is 2.55. The van der Waals surface area contributed by atoms with Gasteiger partial charge >= 0.3 is 12.3 Å². The normalized spacial score (nSPS) is 26.7. The number of benzene rings is 1. The van der Waals surface area contributed by atoms with Gasteiger partial charge in [-0.05, 0) is 70.2 Å². The van der Waals surface area contributed by atoms with Crippen LogP contribution >= 0.6 is 0 Å². The zero-order valence-corrected chi connectivity index (χ0v) is 17.0. The van der Waals surface area contributed by atoms with E-state index in [0.29, 0.717) is 37.0 Å². The highest BCUT2D eigenvalue weighted by molar-refractivity contribution is 5.89. The Bertz CT molecular complexity index is 831. The molecular formula is C21H26F3NO4. The molecule has 1 saturated carbocycles. The zero-order valence-electron chi connectivity index (χ0n) is 17.0. The topological polar surface area (TPSA) is 70.8 Å². The molecule has 1 aromatic rings. The van der Waals surface area contributed by atoms with Crippen molar-refractivity contribution in [3.05, 3.63) is 29.8 Å². The van der Waals surface area contributed by atoms with Crippen LogP contribution in [0.1, 0.15) is 52.0 Å². The number of fused-ring (bicyclic) bond motifs is 2. The van der Waals surface area contributed by atoms with Crippen LogP contribution in [0.3, 0.4) is 0 Å². The number of nitrogens with two attached hydrogens (primary N) is 1. The predicted octanol–water partition coefficient (Wildman–Crippen LogP) is 4.59. The van der Waals surface area contributed by atoms with Crippen LogP contribution in [0.15, 0.2) is 24.3 Å². The second-order valence-corrected chi connectivity index (χ2v) is 8.78. The minimum absolute atomic E-state index is 0.177. The molecule has 0 atom stereocenters. The van der Waals surface area contributed by atoms with E-state index < -0.39 is 22.9 Å². The Balaban J connectivity index is 2.11. The smallest absolute Gasteiger partial charge is 0.497 e. The Morgan fingerprint density at radius 1 is 1.10 bits per heavy atom. The SMILES string of the molecule is COc1ccc(OC(F)(F)F)c(C2=CC3(C(=O)OC(C)(C)C)CCC2(N)CC3)c1. The monoisotopic (exact) mass is 413 g/mol. The van der Waals surface area contributed by atoms with E-state index in [-0.39, 0.29) is 17.3 Å². The van der Waals surface area contributed by atoms with Crippen LogP contribution in [0, 0.1) is 5.41 Å². The molecule has 0 aromatic heterocycles. The average molecular weight is 413 g/mol. The highest BCUT2D eigenvalue weighted by atomic mass is 19.4. The minimum Gasteiger partial charge on any atom is -0.497 e. The Kier molecular flexibility index (Phi) is 5.14. The molecule has 1 aromatic carbocycles. The van der Waals surface area contributed by atoms with Gasteiger partial charge < -0.3 is 19.9 Å². The lowest BCUT2D eigenvalue weighted by molar-refractivity contribution is -0.274. The van der Waals surface area contributed by atoms with E-state index in [4.69, 9.17) is 15.2 Å². The van der Waals surface area contributed by atoms with E-state index >= 15 is 0 Å². The molecule has 1 fully saturated rings. The molecule has 3 aliphatic rings. The van der Waals surface area contributed by atoms with E-state index in [2.05, 4.69) is 4.74 Å². The van der Waals surface area contributed by atoms with Crippen molar-refractivity contribution in [2.75, 3.05) is 7.11 Å². The Morgan fingerprint density at radius 3 is 2.24 bits per heavy atom. The van der Waals surface area contributed by atoms with E-state index in [1.165, 1.54) is 25.3 Å². The summed E-state index contributed by atoms with van der Waals surface area (Å²) in [5.74, 6) is -0.390. The van der Waals surface area contributed by atoms with Crippen LogP contribution in [-0.2, 0) is 9.53 Å². The third-order valence-electron chi connectivity index (χ3n) is 5.50. The number of halogens is 3. The molecule has 0 spiro atoms. The van der Waals surface area contributed by atoms with Gasteiger partial charge in [-0.3, -0.25) is 4.79 Å². The molecule has 0 saturated heterocycles. The number of hydrogen-bond donors (Lipinski definition) is 1. The first kappa shape index (κ1) is 21.5. The molecule has 0 heterocycles. The van der Waals surface area contributed by atoms with Gasteiger partial charge in [0.1, 0.15) is 17.1 Å². The van der Waals surface area contributed by atoms with Crippen LogP contribution in [0.5, 0.6) is 11.5 Å². The maximum absolute atomic E-state index is 13.0. The maximum atomic E-state index is 13.0. The fourth-order valence-electron chi connectivity index (χ4n) is 4.02. The van der Waals surface area contributed by atoms with Gasteiger partial charge in [-0.15, -0.1) is 13.2 Å². The number of carbonyl (C=O) groups is 1. The molecular weight excluding hydrogens is 387 g/mol. The predicted molar refractivity (Wildman–Crippen MR) is 101 cm³/mol. The third-order valence-corrected chi connectivity index (χ3v) is 5.50. The van der Waals surface area contributed by atoms with Gasteiger partial charge in [0.2, 0.25) is 0 Å². The third kappa shape index (κ3) is 4.37. The van der Waals surface area contributed by atoms with Gasteiger partial charge in [-0.25, -0.2) is 0 Å². The van der Waals surface area contributed by atoms with E-state index in [0.717, 1.165) is 0 Å². The highest BCUT2D eigenvalue weighted by Gasteiger charge is 2.53. The lowest BCUT2D eigenvalue weighted by atomic mass is 9.57. The van der Waals surface area contributed by atoms with Crippen LogP contribution < -0.4 is 15.2 Å². The first-order valence-corrected chi connectivity index (χ1v) is 9.47. The van der Waals surface area contributed by atoms with Crippen molar-refractivity contribution in [2.24, 2.45) is 11.1 Å². The lowest BCUT2D eigenvalue weighted by Gasteiger charge is -2.49. The summed E-state index contributed by atoms with van der Waals surface area (Å²) < 4.78 is 53.9. The van der Waals surface area contributed by atoms with E-state index in [1.54, 1.807) is 26.8 Å². The molecule has 29 heavy (non-hydrogen) atoms. The number of alkyl halides is 3. The molecule has 0 radical (unpaired) electrons. The summed E-state index contributed by atoms with van der Waals surface area (Å²) >= 11 is 0. The fourth-order valence-corrected chi connectivity index (χ4v) is 4.02. The van der Waals surface area contributed by atoms with Gasteiger partial charge in [-0.1, -0.05) is 6.08 Å². The summed E-state index contributed by atoms with van der Waals surface area (Å²) in [5, 5.41) is 0. The van der Waals surface area contributed by atoms with Crippen LogP contribution in [0.4, 0.5) is 13.2 Å². The molecule has 2 bridgehead atoms. The van der Waals surface area contributed by atoms with Crippen LogP contribution in [0.25, 0.3) is 5.57 Å². The second kappa shape index (κ2) is 6.93. The molecule has 0 aliphatic heterocycles. The summed E-state index contributed by atoms with van der Waals surface area (Å²) in [7, 11) is 1.42. The van der Waals surface area contributed by atoms with Crippen LogP contribution in [0.2, 0.25) is 0 Å². The zero-order chi connectivity index (χ0) is 21.7. The maximum Gasteiger partial charge on any atom is 0.573 e. The summed E-state index contributed by atoms with van der Waals surface area (Å²) in [6.45, 7) is 5.34. The number of hydrogen-bond acceptors (Lipinski definition) is 5. The van der Waals surface area contributed by atoms with Crippen molar-refractivity contribution in [2.45, 2.75) is 64.0 Å². The fraction of sp³-hybridized carbons (Fsp3) is 0.571. The van der Waals surface area contributed by atoms with E-state index in [9.17, 15) is 18.0 Å². The van der Waals surface area contributed by atoms with Gasteiger partial charge in [-0.2, -0.15) is 0 Å². The first-order chi connectivity index (χ1) is 13.3. The molecule has 160 valence electrons. The number of esters is 1. The Hall–Kier alpha value is -2.22. The molecule has 8 heteroatoms. The van der Waals surface area contributed by atoms with Gasteiger partial charge in [0.25, 0.3) is 0 Å². The number of methoxy groups -OCH3 is 1. The quantitative estimate of drug-likeness (QED) is 0.731. The summed E-state index contributed by atoms with van der Waals surface area (Å²) in [6, 6.07) is 4.05. The van der Waals surface area contributed by atoms with Crippen molar-refractivity contribution in [3.8, 4) is 11.5 Å². The molecule has 3 aliphatic carbocycles. The molecule has 4 rings (SSSR count). The lowest BCUT2D eigenvalue weighted by Crippen LogP contribution is -2.54. The first-order valence-electron chi connectivity index (χ1n) is 9.47. The largest absolute Gasteiger partial charge is 0.573 e. The minimum atomic E-state index is -4.86. The van der Waals surface area contributed by atoms with Crippen molar-refractivity contribution in [3.63, 3.8) is 0 Å². The number of ether oxygens (including phenoxy) is 3. The molecule has 5 nitrogen and oxygen atoms in total. The Morgan fingerprint density at radius 2 is 1.72 bits per heavy atom. The second-order valence-electron chi connectivity index (χ2n) is 8.78. The van der Waals surface area contributed by atoms with Crippen molar-refractivity contribution in [1.29, 1.82) is 0 Å². The number of rotatable bonds is 4.